The quantitative estimate of drug-likeness (QED) is 0.464. The van der Waals surface area contributed by atoms with Crippen molar-refractivity contribution in [3.63, 3.8) is 0 Å². The Morgan fingerprint density at radius 1 is 1.12 bits per heavy atom. The predicted molar refractivity (Wildman–Crippen MR) is 69.0 cm³/mol. The van der Waals surface area contributed by atoms with Crippen LogP contribution in [0, 0.1) is 11.6 Å². The second-order valence-electron chi connectivity index (χ2n) is 3.82. The topological polar surface area (TPSA) is 6.48 Å². The Hall–Kier alpha value is -0.430. The van der Waals surface area contributed by atoms with Crippen LogP contribution in [0.15, 0.2) is 18.2 Å². The van der Waals surface area contributed by atoms with Gasteiger partial charge in [-0.3, -0.25) is 4.90 Å². The maximum atomic E-state index is 13.5. The minimum absolute atomic E-state index is 0.470. The van der Waals surface area contributed by atoms with E-state index in [0.29, 0.717) is 5.69 Å². The predicted octanol–water partition coefficient (Wildman–Crippen LogP) is 2.48. The van der Waals surface area contributed by atoms with E-state index in [2.05, 4.69) is 27.5 Å². The smallest absolute Gasteiger partial charge is 0.149 e. The van der Waals surface area contributed by atoms with Crippen LogP contribution in [0.2, 0.25) is 0 Å². The van der Waals surface area contributed by atoms with Gasteiger partial charge in [-0.2, -0.15) is 0 Å². The Morgan fingerprint density at radius 2 is 1.81 bits per heavy atom. The third-order valence-corrected chi connectivity index (χ3v) is 3.76. The van der Waals surface area contributed by atoms with E-state index in [-0.39, 0.29) is 0 Å². The van der Waals surface area contributed by atoms with Crippen molar-refractivity contribution in [2.24, 2.45) is 0 Å². The number of nitrogens with zero attached hydrogens (tertiary/aromatic N) is 2. The van der Waals surface area contributed by atoms with Crippen molar-refractivity contribution in [3.8, 4) is 0 Å². The van der Waals surface area contributed by atoms with Crippen molar-refractivity contribution in [1.82, 2.24) is 4.90 Å². The highest BCUT2D eigenvalue weighted by Gasteiger charge is 2.18. The molecule has 0 atom stereocenters. The lowest BCUT2D eigenvalue weighted by Gasteiger charge is -2.35. The van der Waals surface area contributed by atoms with Gasteiger partial charge < -0.3 is 4.90 Å². The van der Waals surface area contributed by atoms with Crippen LogP contribution in [0.25, 0.3) is 0 Å². The lowest BCUT2D eigenvalue weighted by Crippen LogP contribution is -2.46. The molecule has 5 heteroatoms. The largest absolute Gasteiger partial charge is 0.367 e. The number of benzene rings is 1. The Balaban J connectivity index is 2.08. The summed E-state index contributed by atoms with van der Waals surface area (Å²) >= 11 is 2.32. The van der Waals surface area contributed by atoms with Gasteiger partial charge in [0, 0.05) is 32.2 Å². The first-order chi connectivity index (χ1) is 7.70. The summed E-state index contributed by atoms with van der Waals surface area (Å²) in [5, 5.41) is 0. The monoisotopic (exact) mass is 338 g/mol. The minimum Gasteiger partial charge on any atom is -0.367 e. The van der Waals surface area contributed by atoms with Crippen LogP contribution in [0.1, 0.15) is 0 Å². The fraction of sp³-hybridized carbons (Fsp3) is 0.455. The standard InChI is InChI=1S/C11H13F2IN2/c12-9-1-2-11(10(13)7-9)16-5-3-15(8-14)4-6-16/h1-2,7H,3-6,8H2. The van der Waals surface area contributed by atoms with Crippen molar-refractivity contribution in [2.75, 3.05) is 35.6 Å². The molecular weight excluding hydrogens is 325 g/mol. The molecule has 0 amide bonds. The number of anilines is 1. The third kappa shape index (κ3) is 2.63. The summed E-state index contributed by atoms with van der Waals surface area (Å²) in [5.74, 6) is -0.991. The van der Waals surface area contributed by atoms with Crippen LogP contribution in [0.4, 0.5) is 14.5 Å². The number of hydrogen-bond acceptors (Lipinski definition) is 2. The highest BCUT2D eigenvalue weighted by Crippen LogP contribution is 2.21. The Morgan fingerprint density at radius 3 is 2.38 bits per heavy atom. The number of alkyl halides is 1. The Bertz CT molecular complexity index is 365. The summed E-state index contributed by atoms with van der Waals surface area (Å²) in [4.78, 5) is 4.27. The van der Waals surface area contributed by atoms with Gasteiger partial charge in [0.15, 0.2) is 0 Å². The van der Waals surface area contributed by atoms with Gasteiger partial charge in [-0.25, -0.2) is 8.78 Å². The Kier molecular flexibility index (Phi) is 3.96. The van der Waals surface area contributed by atoms with E-state index >= 15 is 0 Å². The van der Waals surface area contributed by atoms with Crippen molar-refractivity contribution in [1.29, 1.82) is 0 Å². The molecule has 1 aliphatic heterocycles. The van der Waals surface area contributed by atoms with Gasteiger partial charge in [-0.15, -0.1) is 0 Å². The van der Waals surface area contributed by atoms with Gasteiger partial charge in [0.1, 0.15) is 11.6 Å². The maximum Gasteiger partial charge on any atom is 0.149 e. The van der Waals surface area contributed by atoms with E-state index in [1.807, 2.05) is 4.90 Å². The normalized spacial score (nSPS) is 17.8. The molecule has 2 rings (SSSR count). The first-order valence-electron chi connectivity index (χ1n) is 5.19. The van der Waals surface area contributed by atoms with Crippen LogP contribution < -0.4 is 4.90 Å². The molecule has 2 nitrogen and oxygen atoms in total. The van der Waals surface area contributed by atoms with E-state index in [9.17, 15) is 8.78 Å². The van der Waals surface area contributed by atoms with E-state index in [1.54, 1.807) is 0 Å². The van der Waals surface area contributed by atoms with Crippen LogP contribution in [-0.2, 0) is 0 Å². The fourth-order valence-electron chi connectivity index (χ4n) is 1.85. The van der Waals surface area contributed by atoms with E-state index in [4.69, 9.17) is 0 Å². The molecule has 1 aromatic rings. The molecule has 0 bridgehead atoms. The van der Waals surface area contributed by atoms with Gasteiger partial charge in [0.05, 0.1) is 10.2 Å². The number of hydrogen-bond donors (Lipinski definition) is 0. The van der Waals surface area contributed by atoms with E-state index in [0.717, 1.165) is 36.8 Å². The molecule has 0 saturated carbocycles. The average Bonchev–Trinajstić information content (AvgIpc) is 2.29. The summed E-state index contributed by atoms with van der Waals surface area (Å²) in [5.41, 5.74) is 0.509. The molecule has 1 saturated heterocycles. The second-order valence-corrected chi connectivity index (χ2v) is 4.50. The van der Waals surface area contributed by atoms with Gasteiger partial charge in [-0.1, -0.05) is 22.6 Å². The molecule has 88 valence electrons. The highest BCUT2D eigenvalue weighted by atomic mass is 127. The third-order valence-electron chi connectivity index (χ3n) is 2.79. The fourth-order valence-corrected chi connectivity index (χ4v) is 2.53. The molecule has 0 unspecified atom stereocenters. The summed E-state index contributed by atoms with van der Waals surface area (Å²) in [6, 6.07) is 3.77. The molecule has 0 spiro atoms. The van der Waals surface area contributed by atoms with E-state index < -0.39 is 11.6 Å². The van der Waals surface area contributed by atoms with Crippen molar-refractivity contribution in [2.45, 2.75) is 0 Å². The van der Waals surface area contributed by atoms with Crippen molar-refractivity contribution >= 4 is 28.3 Å². The Labute approximate surface area is 107 Å². The maximum absolute atomic E-state index is 13.5. The lowest BCUT2D eigenvalue weighted by atomic mass is 10.2. The second kappa shape index (κ2) is 5.27. The summed E-state index contributed by atoms with van der Waals surface area (Å²) < 4.78 is 27.3. The zero-order valence-corrected chi connectivity index (χ0v) is 11.0. The van der Waals surface area contributed by atoms with Gasteiger partial charge in [-0.05, 0) is 12.1 Å². The molecule has 0 radical (unpaired) electrons. The van der Waals surface area contributed by atoms with Gasteiger partial charge >= 0.3 is 0 Å². The van der Waals surface area contributed by atoms with Crippen LogP contribution in [0.3, 0.4) is 0 Å². The van der Waals surface area contributed by atoms with Crippen LogP contribution >= 0.6 is 22.6 Å². The van der Waals surface area contributed by atoms with Crippen molar-refractivity contribution < 1.29 is 8.78 Å². The molecule has 0 aliphatic carbocycles. The molecule has 16 heavy (non-hydrogen) atoms. The molecule has 0 aromatic heterocycles. The zero-order chi connectivity index (χ0) is 11.5. The summed E-state index contributed by atoms with van der Waals surface area (Å²) in [6.07, 6.45) is 0. The van der Waals surface area contributed by atoms with Crippen LogP contribution in [0.5, 0.6) is 0 Å². The van der Waals surface area contributed by atoms with Crippen molar-refractivity contribution in [3.05, 3.63) is 29.8 Å². The molecule has 1 fully saturated rings. The number of halogens is 3. The lowest BCUT2D eigenvalue weighted by molar-refractivity contribution is 0.306. The van der Waals surface area contributed by atoms with Gasteiger partial charge in [0.2, 0.25) is 0 Å². The van der Waals surface area contributed by atoms with Crippen LogP contribution in [-0.4, -0.2) is 35.6 Å². The first kappa shape index (κ1) is 12.0. The molecular formula is C11H13F2IN2. The number of rotatable bonds is 2. The summed E-state index contributed by atoms with van der Waals surface area (Å²) in [7, 11) is 0. The zero-order valence-electron chi connectivity index (χ0n) is 8.80. The average molecular weight is 338 g/mol. The van der Waals surface area contributed by atoms with E-state index in [1.165, 1.54) is 12.1 Å². The molecule has 1 heterocycles. The summed E-state index contributed by atoms with van der Waals surface area (Å²) in [6.45, 7) is 3.45. The number of piperazine rings is 1. The first-order valence-corrected chi connectivity index (χ1v) is 6.71. The SMILES string of the molecule is Fc1ccc(N2CCN(CI)CC2)c(F)c1. The molecule has 1 aromatic carbocycles. The van der Waals surface area contributed by atoms with Gasteiger partial charge in [0.25, 0.3) is 0 Å². The molecule has 1 aliphatic rings. The molecule has 0 N–H and O–H groups in total. The minimum atomic E-state index is -0.521. The highest BCUT2D eigenvalue weighted by molar-refractivity contribution is 14.1.